The van der Waals surface area contributed by atoms with E-state index in [0.717, 1.165) is 16.5 Å². The molecule has 2 aromatic rings. The van der Waals surface area contributed by atoms with E-state index >= 15 is 0 Å². The quantitative estimate of drug-likeness (QED) is 0.662. The number of para-hydroxylation sites is 1. The minimum atomic E-state index is 0.627. The fourth-order valence-corrected chi connectivity index (χ4v) is 1.47. The van der Waals surface area contributed by atoms with Crippen molar-refractivity contribution in [2.75, 3.05) is 5.73 Å². The van der Waals surface area contributed by atoms with Crippen LogP contribution in [0.4, 0.5) is 5.82 Å². The van der Waals surface area contributed by atoms with Crippen molar-refractivity contribution in [3.05, 3.63) is 35.4 Å². The van der Waals surface area contributed by atoms with Crippen LogP contribution in [0, 0.1) is 13.8 Å². The Hall–Kier alpha value is -1.57. The zero-order valence-corrected chi connectivity index (χ0v) is 7.83. The maximum absolute atomic E-state index is 5.74. The average Bonchev–Trinajstić information content (AvgIpc) is 2.09. The zero-order chi connectivity index (χ0) is 9.42. The van der Waals surface area contributed by atoms with Gasteiger partial charge in [0.25, 0.3) is 0 Å². The smallest absolute Gasteiger partial charge is 0.127 e. The topological polar surface area (TPSA) is 38.9 Å². The molecule has 0 aliphatic heterocycles. The van der Waals surface area contributed by atoms with Crippen molar-refractivity contribution in [3.8, 4) is 0 Å². The molecule has 2 rings (SSSR count). The summed E-state index contributed by atoms with van der Waals surface area (Å²) in [6, 6.07) is 8.21. The van der Waals surface area contributed by atoms with Gasteiger partial charge < -0.3 is 5.73 Å². The first-order chi connectivity index (χ1) is 6.18. The molecule has 0 aliphatic rings. The summed E-state index contributed by atoms with van der Waals surface area (Å²) in [5.74, 6) is 0.627. The number of anilines is 1. The van der Waals surface area contributed by atoms with Crippen molar-refractivity contribution in [3.63, 3.8) is 0 Å². The molecule has 66 valence electrons. The van der Waals surface area contributed by atoms with Crippen molar-refractivity contribution in [1.29, 1.82) is 0 Å². The number of fused-ring (bicyclic) bond motifs is 1. The summed E-state index contributed by atoms with van der Waals surface area (Å²) >= 11 is 0. The normalized spacial score (nSPS) is 10.6. The molecule has 2 N–H and O–H groups in total. The molecule has 0 unspecified atom stereocenters. The number of pyridine rings is 1. The highest BCUT2D eigenvalue weighted by atomic mass is 14.8. The van der Waals surface area contributed by atoms with Crippen molar-refractivity contribution in [1.82, 2.24) is 4.98 Å². The lowest BCUT2D eigenvalue weighted by atomic mass is 10.1. The van der Waals surface area contributed by atoms with Crippen LogP contribution in [-0.4, -0.2) is 4.98 Å². The molecule has 0 radical (unpaired) electrons. The number of benzene rings is 1. The number of nitrogens with zero attached hydrogens (tertiary/aromatic N) is 1. The minimum absolute atomic E-state index is 0.627. The number of hydrogen-bond acceptors (Lipinski definition) is 2. The predicted molar refractivity (Wildman–Crippen MR) is 55.6 cm³/mol. The maximum Gasteiger partial charge on any atom is 0.127 e. The number of rotatable bonds is 0. The third kappa shape index (κ3) is 1.24. The molecule has 1 aromatic heterocycles. The van der Waals surface area contributed by atoms with Gasteiger partial charge in [0.2, 0.25) is 0 Å². The molecule has 0 aliphatic carbocycles. The van der Waals surface area contributed by atoms with Gasteiger partial charge in [0, 0.05) is 5.39 Å². The van der Waals surface area contributed by atoms with Gasteiger partial charge in [-0.1, -0.05) is 18.2 Å². The molecule has 0 fully saturated rings. The molecule has 0 atom stereocenters. The zero-order valence-electron chi connectivity index (χ0n) is 7.83. The van der Waals surface area contributed by atoms with Crippen LogP contribution in [0.5, 0.6) is 0 Å². The molecule has 0 saturated heterocycles. The van der Waals surface area contributed by atoms with E-state index in [2.05, 4.69) is 17.1 Å². The van der Waals surface area contributed by atoms with E-state index in [0.29, 0.717) is 5.82 Å². The maximum atomic E-state index is 5.74. The number of aromatic nitrogens is 1. The van der Waals surface area contributed by atoms with Crippen LogP contribution in [0.2, 0.25) is 0 Å². The van der Waals surface area contributed by atoms with Crippen LogP contribution >= 0.6 is 0 Å². The fourth-order valence-electron chi connectivity index (χ4n) is 1.47. The molecule has 0 saturated carbocycles. The summed E-state index contributed by atoms with van der Waals surface area (Å²) in [5, 5.41) is 1.16. The van der Waals surface area contributed by atoms with Gasteiger partial charge in [-0.05, 0) is 31.0 Å². The molecule has 0 amide bonds. The standard InChI is InChI=1S/C11H12N2/c1-7-4-3-5-9-6-8(2)11(12)13-10(7)9/h3-6H,1-2H3,(H2,12,13). The summed E-state index contributed by atoms with van der Waals surface area (Å²) in [6.07, 6.45) is 0. The molecule has 1 heterocycles. The molecule has 13 heavy (non-hydrogen) atoms. The monoisotopic (exact) mass is 172 g/mol. The highest BCUT2D eigenvalue weighted by Gasteiger charge is 2.01. The van der Waals surface area contributed by atoms with E-state index in [1.54, 1.807) is 0 Å². The van der Waals surface area contributed by atoms with E-state index in [-0.39, 0.29) is 0 Å². The van der Waals surface area contributed by atoms with Gasteiger partial charge >= 0.3 is 0 Å². The Kier molecular flexibility index (Phi) is 1.69. The average molecular weight is 172 g/mol. The first-order valence-electron chi connectivity index (χ1n) is 4.31. The Morgan fingerprint density at radius 1 is 1.15 bits per heavy atom. The van der Waals surface area contributed by atoms with Gasteiger partial charge in [0.15, 0.2) is 0 Å². The Bertz CT molecular complexity index is 461. The number of hydrogen-bond donors (Lipinski definition) is 1. The van der Waals surface area contributed by atoms with Gasteiger partial charge in [0.05, 0.1) is 5.52 Å². The first kappa shape index (κ1) is 8.05. The van der Waals surface area contributed by atoms with E-state index in [4.69, 9.17) is 5.73 Å². The lowest BCUT2D eigenvalue weighted by Gasteiger charge is -2.04. The Balaban J connectivity index is 2.89. The molecular weight excluding hydrogens is 160 g/mol. The van der Waals surface area contributed by atoms with Gasteiger partial charge in [-0.15, -0.1) is 0 Å². The fraction of sp³-hybridized carbons (Fsp3) is 0.182. The van der Waals surface area contributed by atoms with E-state index in [9.17, 15) is 0 Å². The third-order valence-corrected chi connectivity index (χ3v) is 2.28. The second-order valence-corrected chi connectivity index (χ2v) is 3.34. The minimum Gasteiger partial charge on any atom is -0.383 e. The SMILES string of the molecule is Cc1cc2cccc(C)c2nc1N. The van der Waals surface area contributed by atoms with Crippen molar-refractivity contribution >= 4 is 16.7 Å². The Morgan fingerprint density at radius 2 is 1.92 bits per heavy atom. The second-order valence-electron chi connectivity index (χ2n) is 3.34. The van der Waals surface area contributed by atoms with Gasteiger partial charge in [0.1, 0.15) is 5.82 Å². The number of aryl methyl sites for hydroxylation is 2. The molecular formula is C11H12N2. The van der Waals surface area contributed by atoms with E-state index < -0.39 is 0 Å². The molecule has 0 bridgehead atoms. The summed E-state index contributed by atoms with van der Waals surface area (Å²) in [7, 11) is 0. The molecule has 1 aromatic carbocycles. The Labute approximate surface area is 77.4 Å². The van der Waals surface area contributed by atoms with Crippen LogP contribution in [0.25, 0.3) is 10.9 Å². The van der Waals surface area contributed by atoms with Gasteiger partial charge in [-0.25, -0.2) is 4.98 Å². The predicted octanol–water partition coefficient (Wildman–Crippen LogP) is 2.43. The Morgan fingerprint density at radius 3 is 2.69 bits per heavy atom. The highest BCUT2D eigenvalue weighted by Crippen LogP contribution is 2.20. The number of nitrogens with two attached hydrogens (primary N) is 1. The summed E-state index contributed by atoms with van der Waals surface area (Å²) in [4.78, 5) is 4.35. The van der Waals surface area contributed by atoms with E-state index in [1.807, 2.05) is 26.0 Å². The molecule has 2 heteroatoms. The van der Waals surface area contributed by atoms with Crippen molar-refractivity contribution < 1.29 is 0 Å². The lowest BCUT2D eigenvalue weighted by molar-refractivity contribution is 1.32. The van der Waals surface area contributed by atoms with Crippen LogP contribution in [0.3, 0.4) is 0 Å². The van der Waals surface area contributed by atoms with Crippen molar-refractivity contribution in [2.45, 2.75) is 13.8 Å². The molecule has 0 spiro atoms. The largest absolute Gasteiger partial charge is 0.383 e. The third-order valence-electron chi connectivity index (χ3n) is 2.28. The van der Waals surface area contributed by atoms with Gasteiger partial charge in [-0.3, -0.25) is 0 Å². The second kappa shape index (κ2) is 2.73. The molecule has 2 nitrogen and oxygen atoms in total. The number of nitrogen functional groups attached to an aromatic ring is 1. The lowest BCUT2D eigenvalue weighted by Crippen LogP contribution is -1.95. The van der Waals surface area contributed by atoms with Gasteiger partial charge in [-0.2, -0.15) is 0 Å². The van der Waals surface area contributed by atoms with Crippen LogP contribution in [0.15, 0.2) is 24.3 Å². The summed E-state index contributed by atoms with van der Waals surface area (Å²) < 4.78 is 0. The van der Waals surface area contributed by atoms with Crippen LogP contribution < -0.4 is 5.73 Å². The summed E-state index contributed by atoms with van der Waals surface area (Å²) in [5.41, 5.74) is 8.96. The van der Waals surface area contributed by atoms with Crippen LogP contribution in [-0.2, 0) is 0 Å². The summed E-state index contributed by atoms with van der Waals surface area (Å²) in [6.45, 7) is 4.02. The van der Waals surface area contributed by atoms with E-state index in [1.165, 1.54) is 5.56 Å². The first-order valence-corrected chi connectivity index (χ1v) is 4.31. The highest BCUT2D eigenvalue weighted by molar-refractivity contribution is 5.84. The van der Waals surface area contributed by atoms with Crippen LogP contribution in [0.1, 0.15) is 11.1 Å². The van der Waals surface area contributed by atoms with Crippen molar-refractivity contribution in [2.24, 2.45) is 0 Å².